The van der Waals surface area contributed by atoms with Crippen LogP contribution in [0.5, 0.6) is 0 Å². The number of hydrogen-bond donors (Lipinski definition) is 2. The van der Waals surface area contributed by atoms with Crippen LogP contribution in [-0.4, -0.2) is 85.7 Å². The summed E-state index contributed by atoms with van der Waals surface area (Å²) in [6, 6.07) is 0. The number of unbranched alkanes of at least 4 members (excludes halogenated alkanes) is 12. The molecule has 0 spiro atoms. The van der Waals surface area contributed by atoms with Crippen LogP contribution < -0.4 is 0 Å². The van der Waals surface area contributed by atoms with E-state index in [4.69, 9.17) is 19.3 Å². The van der Waals surface area contributed by atoms with Crippen molar-refractivity contribution in [3.63, 3.8) is 0 Å². The molecule has 67 heavy (non-hydrogen) atoms. The van der Waals surface area contributed by atoms with Gasteiger partial charge in [0.2, 0.25) is 0 Å². The molecule has 0 aromatic heterocycles. The van der Waals surface area contributed by atoms with E-state index in [9.17, 15) is 19.5 Å². The Morgan fingerprint density at radius 1 is 0.433 bits per heavy atom. The summed E-state index contributed by atoms with van der Waals surface area (Å²) in [7, 11) is 0. The predicted octanol–water partition coefficient (Wildman–Crippen LogP) is 14.1. The Morgan fingerprint density at radius 3 is 1.15 bits per heavy atom. The molecule has 9 nitrogen and oxygen atoms in total. The average molecular weight is 1120 g/mol. The Balaban J connectivity index is 0.00000151. The number of rotatable bonds is 40. The maximum Gasteiger partial charge on any atom is 0.305 e. The maximum absolute atomic E-state index is 13.3. The minimum Gasteiger partial charge on any atom is -0.465 e. The second-order valence-electron chi connectivity index (χ2n) is 22.3. The second kappa shape index (κ2) is 36.8. The van der Waals surface area contributed by atoms with Gasteiger partial charge in [0.05, 0.1) is 19.8 Å². The molecule has 0 saturated heterocycles. The van der Waals surface area contributed by atoms with Crippen molar-refractivity contribution >= 4 is 17.9 Å². The summed E-state index contributed by atoms with van der Waals surface area (Å²) in [5, 5.41) is 19.9. The summed E-state index contributed by atoms with van der Waals surface area (Å²) in [6.45, 7) is 19.6. The monoisotopic (exact) mass is 1120 g/mol. The van der Waals surface area contributed by atoms with Crippen LogP contribution in [-0.2, 0) is 49.7 Å². The molecule has 0 aromatic rings. The van der Waals surface area contributed by atoms with Gasteiger partial charge in [0.1, 0.15) is 0 Å². The van der Waals surface area contributed by atoms with Gasteiger partial charge in [-0.1, -0.05) is 177 Å². The van der Waals surface area contributed by atoms with Crippen molar-refractivity contribution in [2.45, 2.75) is 260 Å². The molecule has 0 aromatic carbocycles. The average Bonchev–Trinajstić information content (AvgIpc) is 3.31. The zero-order chi connectivity index (χ0) is 48.6. The first-order valence-corrected chi connectivity index (χ1v) is 28.3. The molecule has 10 heteroatoms. The van der Waals surface area contributed by atoms with Gasteiger partial charge < -0.3 is 29.3 Å². The standard InChI is InChI=1S/C46H83NO7.C11H24O.W/c1-6-11-14-15-16-17-18-19-20-24-40(49)52-36-44-29-43(35-48)30-45(32-44,37-53-41(50)25-21-28-47(9-4)10-5)34-46(31-43,33-44)38-54-42(51)27-26-39(22-12-7-2)23-13-8-3;1-3-5-7-11(9-10-12)8-6-4-2;/h39,48H,6-38H2,1-5H3;11-12H,3-10H2,1-2H3;. The van der Waals surface area contributed by atoms with Crippen LogP contribution >= 0.6 is 0 Å². The largest absolute Gasteiger partial charge is 0.465 e. The molecule has 0 radical (unpaired) electrons. The summed E-state index contributed by atoms with van der Waals surface area (Å²) in [5.41, 5.74) is -1.38. The Morgan fingerprint density at radius 2 is 0.776 bits per heavy atom. The summed E-state index contributed by atoms with van der Waals surface area (Å²) in [5.74, 6) is 0.917. The molecule has 4 saturated carbocycles. The molecule has 0 amide bonds. The smallest absolute Gasteiger partial charge is 0.305 e. The normalized spacial score (nSPS) is 22.7. The van der Waals surface area contributed by atoms with Gasteiger partial charge in [0.25, 0.3) is 0 Å². The summed E-state index contributed by atoms with van der Waals surface area (Å²) in [6.07, 6.45) is 34.4. The fraction of sp³-hybridized carbons (Fsp3) is 0.947. The molecule has 394 valence electrons. The maximum atomic E-state index is 13.3. The van der Waals surface area contributed by atoms with E-state index in [2.05, 4.69) is 53.4 Å². The molecule has 4 unspecified atom stereocenters. The fourth-order valence-corrected chi connectivity index (χ4v) is 13.0. The molecule has 0 heterocycles. The number of ether oxygens (including phenoxy) is 3. The number of carbonyl (C=O) groups excluding carboxylic acids is 3. The van der Waals surface area contributed by atoms with Crippen LogP contribution in [0.15, 0.2) is 0 Å². The third-order valence-electron chi connectivity index (χ3n) is 15.8. The molecule has 4 aliphatic carbocycles. The Labute approximate surface area is 427 Å². The SMILES string of the molecule is CCCCC(CCO)CCCC.CCCCCCCCCCCC(=O)OCC12CC3(CO)CC(COC(=O)CCCN(CC)CC)(C1)CC(COC(=O)CCC(CCCC)CCCC)(C3)C2.[W]. The van der Waals surface area contributed by atoms with E-state index in [1.165, 1.54) is 122 Å². The molecule has 4 aliphatic rings. The van der Waals surface area contributed by atoms with Crippen molar-refractivity contribution in [2.24, 2.45) is 33.5 Å². The van der Waals surface area contributed by atoms with Crippen molar-refractivity contribution < 1.29 is 59.9 Å². The van der Waals surface area contributed by atoms with Crippen LogP contribution in [0.3, 0.4) is 0 Å². The topological polar surface area (TPSA) is 123 Å². The van der Waals surface area contributed by atoms with E-state index in [1.807, 2.05) is 0 Å². The minimum atomic E-state index is -0.370. The first kappa shape index (κ1) is 64.0. The van der Waals surface area contributed by atoms with E-state index in [0.717, 1.165) is 96.2 Å². The van der Waals surface area contributed by atoms with Gasteiger partial charge >= 0.3 is 17.9 Å². The Hall–Kier alpha value is -1.02. The van der Waals surface area contributed by atoms with E-state index < -0.39 is 0 Å². The van der Waals surface area contributed by atoms with Gasteiger partial charge in [0, 0.05) is 69.8 Å². The fourth-order valence-electron chi connectivity index (χ4n) is 13.0. The zero-order valence-electron chi connectivity index (χ0n) is 44.8. The van der Waals surface area contributed by atoms with Gasteiger partial charge in [0.15, 0.2) is 0 Å². The van der Waals surface area contributed by atoms with Crippen LogP contribution in [0.4, 0.5) is 0 Å². The quantitative estimate of drug-likeness (QED) is 0.0351. The Bertz CT molecular complexity index is 1270. The molecule has 4 fully saturated rings. The predicted molar refractivity (Wildman–Crippen MR) is 272 cm³/mol. The number of aliphatic hydroxyl groups is 2. The van der Waals surface area contributed by atoms with Crippen LogP contribution in [0.1, 0.15) is 260 Å². The number of nitrogens with zero attached hydrogens (tertiary/aromatic N) is 1. The van der Waals surface area contributed by atoms with Crippen molar-refractivity contribution in [3.05, 3.63) is 0 Å². The van der Waals surface area contributed by atoms with Crippen molar-refractivity contribution in [1.82, 2.24) is 4.90 Å². The van der Waals surface area contributed by atoms with Gasteiger partial charge in [-0.25, -0.2) is 0 Å². The van der Waals surface area contributed by atoms with Crippen LogP contribution in [0.2, 0.25) is 0 Å². The first-order chi connectivity index (χ1) is 31.9. The van der Waals surface area contributed by atoms with E-state index in [0.29, 0.717) is 51.6 Å². The third kappa shape index (κ3) is 25.3. The summed E-state index contributed by atoms with van der Waals surface area (Å²) < 4.78 is 18.4. The third-order valence-corrected chi connectivity index (χ3v) is 15.8. The van der Waals surface area contributed by atoms with Crippen molar-refractivity contribution in [2.75, 3.05) is 52.7 Å². The molecule has 2 N–H and O–H groups in total. The minimum absolute atomic E-state index is 0. The van der Waals surface area contributed by atoms with E-state index in [-0.39, 0.29) is 67.2 Å². The molecule has 4 bridgehead atoms. The zero-order valence-corrected chi connectivity index (χ0v) is 47.8. The van der Waals surface area contributed by atoms with Gasteiger partial charge in [-0.3, -0.25) is 14.4 Å². The molecule has 0 aliphatic heterocycles. The summed E-state index contributed by atoms with van der Waals surface area (Å²) in [4.78, 5) is 41.9. The molecular weight excluding hydrogens is 1010 g/mol. The number of hydrogen-bond acceptors (Lipinski definition) is 9. The van der Waals surface area contributed by atoms with E-state index in [1.54, 1.807) is 0 Å². The second-order valence-corrected chi connectivity index (χ2v) is 22.3. The van der Waals surface area contributed by atoms with Crippen molar-refractivity contribution in [1.29, 1.82) is 0 Å². The van der Waals surface area contributed by atoms with Gasteiger partial charge in [-0.2, -0.15) is 0 Å². The molecule has 4 atom stereocenters. The van der Waals surface area contributed by atoms with Gasteiger partial charge in [-0.05, 0) is 101 Å². The van der Waals surface area contributed by atoms with Crippen molar-refractivity contribution in [3.8, 4) is 0 Å². The van der Waals surface area contributed by atoms with E-state index >= 15 is 0 Å². The number of esters is 3. The molecule has 4 rings (SSSR count). The first-order valence-electron chi connectivity index (χ1n) is 28.3. The Kier molecular flexibility index (Phi) is 35.2. The van der Waals surface area contributed by atoms with Crippen LogP contribution in [0.25, 0.3) is 0 Å². The van der Waals surface area contributed by atoms with Crippen LogP contribution in [0, 0.1) is 33.5 Å². The van der Waals surface area contributed by atoms with Gasteiger partial charge in [-0.15, -0.1) is 0 Å². The molecular formula is C57H107NO8W. The number of aliphatic hydroxyl groups excluding tert-OH is 2. The number of carbonyl (C=O) groups is 3. The summed E-state index contributed by atoms with van der Waals surface area (Å²) >= 11 is 0.